The van der Waals surface area contributed by atoms with Crippen LogP contribution in [-0.2, 0) is 14.3 Å². The summed E-state index contributed by atoms with van der Waals surface area (Å²) in [5.41, 5.74) is 1.77. The van der Waals surface area contributed by atoms with Crippen LogP contribution < -0.4 is 5.32 Å². The highest BCUT2D eigenvalue weighted by atomic mass is 16.7. The van der Waals surface area contributed by atoms with Gasteiger partial charge in [-0.15, -0.1) is 0 Å². The zero-order valence-corrected chi connectivity index (χ0v) is 11.7. The first-order valence-electron chi connectivity index (χ1n) is 6.77. The monoisotopic (exact) mass is 263 g/mol. The van der Waals surface area contributed by atoms with Crippen molar-refractivity contribution in [3.63, 3.8) is 0 Å². The molecule has 0 spiro atoms. The summed E-state index contributed by atoms with van der Waals surface area (Å²) in [5.74, 6) is -0.0717. The Kier molecular flexibility index (Phi) is 4.56. The second-order valence-corrected chi connectivity index (χ2v) is 4.98. The number of nitrogens with one attached hydrogen (secondary N) is 1. The third kappa shape index (κ3) is 3.78. The zero-order valence-electron chi connectivity index (χ0n) is 11.7. The van der Waals surface area contributed by atoms with Crippen LogP contribution in [0.4, 0.5) is 5.69 Å². The third-order valence-corrected chi connectivity index (χ3v) is 3.23. The number of amides is 1. The molecule has 1 aromatic rings. The van der Waals surface area contributed by atoms with Crippen molar-refractivity contribution < 1.29 is 14.3 Å². The van der Waals surface area contributed by atoms with Gasteiger partial charge in [0.2, 0.25) is 5.91 Å². The van der Waals surface area contributed by atoms with Crippen LogP contribution in [0, 0.1) is 0 Å². The summed E-state index contributed by atoms with van der Waals surface area (Å²) in [6, 6.07) is 7.59. The third-order valence-electron chi connectivity index (χ3n) is 3.23. The molecular formula is C15H21NO3. The standard InChI is InChI=1S/C15H21NO3/c1-4-14-9-10(2)18-15(19-14)12-5-7-13(8-6-12)16-11(3)17/h5-8,10,14-15H,4,9H2,1-3H3,(H,16,17). The molecule has 1 saturated heterocycles. The minimum Gasteiger partial charge on any atom is -0.345 e. The molecule has 4 nitrogen and oxygen atoms in total. The first-order chi connectivity index (χ1) is 9.08. The van der Waals surface area contributed by atoms with E-state index in [-0.39, 0.29) is 24.4 Å². The van der Waals surface area contributed by atoms with E-state index < -0.39 is 0 Å². The van der Waals surface area contributed by atoms with Gasteiger partial charge in [0.15, 0.2) is 6.29 Å². The fourth-order valence-electron chi connectivity index (χ4n) is 2.25. The highest BCUT2D eigenvalue weighted by Crippen LogP contribution is 2.31. The van der Waals surface area contributed by atoms with Gasteiger partial charge in [-0.3, -0.25) is 4.79 Å². The average molecular weight is 263 g/mol. The molecule has 1 aromatic carbocycles. The minimum absolute atomic E-state index is 0.0717. The van der Waals surface area contributed by atoms with Crippen LogP contribution in [0.5, 0.6) is 0 Å². The molecule has 1 aliphatic rings. The number of carbonyl (C=O) groups excluding carboxylic acids is 1. The summed E-state index contributed by atoms with van der Waals surface area (Å²) in [7, 11) is 0. The van der Waals surface area contributed by atoms with Crippen molar-refractivity contribution in [2.75, 3.05) is 5.32 Å². The van der Waals surface area contributed by atoms with Gasteiger partial charge in [0.1, 0.15) is 0 Å². The second kappa shape index (κ2) is 6.17. The summed E-state index contributed by atoms with van der Waals surface area (Å²) in [4.78, 5) is 11.0. The first kappa shape index (κ1) is 14.0. The van der Waals surface area contributed by atoms with Crippen molar-refractivity contribution in [3.8, 4) is 0 Å². The van der Waals surface area contributed by atoms with Crippen LogP contribution in [0.1, 0.15) is 45.5 Å². The Labute approximate surface area is 114 Å². The number of hydrogen-bond donors (Lipinski definition) is 1. The Bertz CT molecular complexity index is 430. The predicted octanol–water partition coefficient (Wildman–Crippen LogP) is 3.25. The van der Waals surface area contributed by atoms with Crippen molar-refractivity contribution in [2.45, 2.75) is 52.1 Å². The van der Waals surface area contributed by atoms with Crippen molar-refractivity contribution in [3.05, 3.63) is 29.8 Å². The lowest BCUT2D eigenvalue weighted by Crippen LogP contribution is -2.31. The molecule has 1 amide bonds. The van der Waals surface area contributed by atoms with Crippen LogP contribution >= 0.6 is 0 Å². The number of anilines is 1. The molecule has 1 aliphatic heterocycles. The predicted molar refractivity (Wildman–Crippen MR) is 73.8 cm³/mol. The number of rotatable bonds is 3. The lowest BCUT2D eigenvalue weighted by molar-refractivity contribution is -0.243. The van der Waals surface area contributed by atoms with E-state index in [1.165, 1.54) is 6.92 Å². The van der Waals surface area contributed by atoms with Crippen molar-refractivity contribution in [2.24, 2.45) is 0 Å². The Morgan fingerprint density at radius 1 is 1.32 bits per heavy atom. The maximum atomic E-state index is 11.0. The molecule has 0 aromatic heterocycles. The van der Waals surface area contributed by atoms with E-state index >= 15 is 0 Å². The van der Waals surface area contributed by atoms with E-state index in [1.54, 1.807) is 0 Å². The molecule has 1 heterocycles. The van der Waals surface area contributed by atoms with E-state index in [1.807, 2.05) is 24.3 Å². The lowest BCUT2D eigenvalue weighted by Gasteiger charge is -2.34. The Morgan fingerprint density at radius 3 is 2.58 bits per heavy atom. The van der Waals surface area contributed by atoms with Crippen LogP contribution in [-0.4, -0.2) is 18.1 Å². The summed E-state index contributed by atoms with van der Waals surface area (Å²) in [6.45, 7) is 5.69. The molecular weight excluding hydrogens is 242 g/mol. The minimum atomic E-state index is -0.305. The molecule has 3 unspecified atom stereocenters. The molecule has 0 saturated carbocycles. The highest BCUT2D eigenvalue weighted by Gasteiger charge is 2.27. The highest BCUT2D eigenvalue weighted by molar-refractivity contribution is 5.88. The fraction of sp³-hybridized carbons (Fsp3) is 0.533. The zero-order chi connectivity index (χ0) is 13.8. The van der Waals surface area contributed by atoms with E-state index in [9.17, 15) is 4.79 Å². The summed E-state index contributed by atoms with van der Waals surface area (Å²) < 4.78 is 11.7. The van der Waals surface area contributed by atoms with Gasteiger partial charge in [-0.2, -0.15) is 0 Å². The summed E-state index contributed by atoms with van der Waals surface area (Å²) >= 11 is 0. The smallest absolute Gasteiger partial charge is 0.221 e. The van der Waals surface area contributed by atoms with E-state index in [2.05, 4.69) is 19.2 Å². The Hall–Kier alpha value is -1.39. The van der Waals surface area contributed by atoms with Crippen LogP contribution in [0.3, 0.4) is 0 Å². The van der Waals surface area contributed by atoms with Crippen LogP contribution in [0.2, 0.25) is 0 Å². The molecule has 0 aliphatic carbocycles. The van der Waals surface area contributed by atoms with Crippen molar-refractivity contribution in [1.29, 1.82) is 0 Å². The molecule has 0 bridgehead atoms. The van der Waals surface area contributed by atoms with Gasteiger partial charge in [0, 0.05) is 18.2 Å². The van der Waals surface area contributed by atoms with Gasteiger partial charge < -0.3 is 14.8 Å². The van der Waals surface area contributed by atoms with E-state index in [4.69, 9.17) is 9.47 Å². The molecule has 1 N–H and O–H groups in total. The number of hydrogen-bond acceptors (Lipinski definition) is 3. The molecule has 19 heavy (non-hydrogen) atoms. The number of ether oxygens (including phenoxy) is 2. The molecule has 1 fully saturated rings. The Balaban J connectivity index is 2.06. The van der Waals surface area contributed by atoms with Gasteiger partial charge in [-0.1, -0.05) is 19.1 Å². The largest absolute Gasteiger partial charge is 0.345 e. The number of benzene rings is 1. The average Bonchev–Trinajstić information content (AvgIpc) is 2.38. The topological polar surface area (TPSA) is 47.6 Å². The van der Waals surface area contributed by atoms with Crippen molar-refractivity contribution >= 4 is 11.6 Å². The SMILES string of the molecule is CCC1CC(C)OC(c2ccc(NC(C)=O)cc2)O1. The normalized spacial score (nSPS) is 27.0. The van der Waals surface area contributed by atoms with E-state index in [0.29, 0.717) is 0 Å². The van der Waals surface area contributed by atoms with Gasteiger partial charge >= 0.3 is 0 Å². The van der Waals surface area contributed by atoms with Gasteiger partial charge in [-0.05, 0) is 31.9 Å². The number of carbonyl (C=O) groups is 1. The molecule has 4 heteroatoms. The van der Waals surface area contributed by atoms with Gasteiger partial charge in [0.25, 0.3) is 0 Å². The van der Waals surface area contributed by atoms with Crippen LogP contribution in [0.25, 0.3) is 0 Å². The summed E-state index contributed by atoms with van der Waals surface area (Å²) in [6.07, 6.45) is 2.09. The fourth-order valence-corrected chi connectivity index (χ4v) is 2.25. The van der Waals surface area contributed by atoms with Crippen molar-refractivity contribution in [1.82, 2.24) is 0 Å². The van der Waals surface area contributed by atoms with Gasteiger partial charge in [0.05, 0.1) is 12.2 Å². The maximum absolute atomic E-state index is 11.0. The molecule has 0 radical (unpaired) electrons. The molecule has 3 atom stereocenters. The molecule has 104 valence electrons. The summed E-state index contributed by atoms with van der Waals surface area (Å²) in [5, 5.41) is 2.74. The Morgan fingerprint density at radius 2 is 2.00 bits per heavy atom. The van der Waals surface area contributed by atoms with Crippen LogP contribution in [0.15, 0.2) is 24.3 Å². The molecule has 2 rings (SSSR count). The van der Waals surface area contributed by atoms with Gasteiger partial charge in [-0.25, -0.2) is 0 Å². The maximum Gasteiger partial charge on any atom is 0.221 e. The van der Waals surface area contributed by atoms with E-state index in [0.717, 1.165) is 24.1 Å². The lowest BCUT2D eigenvalue weighted by atomic mass is 10.1. The first-order valence-corrected chi connectivity index (χ1v) is 6.77. The quantitative estimate of drug-likeness (QED) is 0.910. The second-order valence-electron chi connectivity index (χ2n) is 4.98.